The fourth-order valence-corrected chi connectivity index (χ4v) is 4.91. The molecule has 2 aromatic rings. The van der Waals surface area contributed by atoms with E-state index in [1.54, 1.807) is 25.1 Å². The molecule has 8 heteroatoms. The Morgan fingerprint density at radius 1 is 1.17 bits per heavy atom. The highest BCUT2D eigenvalue weighted by atomic mass is 32.1. The molecule has 0 aliphatic heterocycles. The van der Waals surface area contributed by atoms with E-state index in [9.17, 15) is 9.59 Å². The average Bonchev–Trinajstić information content (AvgIpc) is 3.10. The molecule has 1 aliphatic rings. The third kappa shape index (κ3) is 5.17. The number of fused-ring (bicyclic) bond motifs is 1. The molecule has 0 atom stereocenters. The van der Waals surface area contributed by atoms with Crippen LogP contribution in [-0.2, 0) is 17.6 Å². The first-order valence-corrected chi connectivity index (χ1v) is 11.4. The number of amides is 1. The highest BCUT2D eigenvalue weighted by Crippen LogP contribution is 2.38. The van der Waals surface area contributed by atoms with Crippen LogP contribution >= 0.6 is 23.6 Å². The Hall–Kier alpha value is -2.45. The number of rotatable bonds is 7. The molecule has 0 saturated heterocycles. The van der Waals surface area contributed by atoms with E-state index in [2.05, 4.69) is 10.6 Å². The van der Waals surface area contributed by atoms with Crippen LogP contribution < -0.4 is 15.4 Å². The number of hydrogen-bond donors (Lipinski definition) is 2. The van der Waals surface area contributed by atoms with Gasteiger partial charge in [0.15, 0.2) is 5.11 Å². The molecule has 0 fully saturated rings. The number of carbonyl (C=O) groups excluding carboxylic acids is 2. The number of para-hydroxylation sites is 1. The van der Waals surface area contributed by atoms with Crippen molar-refractivity contribution in [1.29, 1.82) is 0 Å². The predicted octanol–water partition coefficient (Wildman–Crippen LogP) is 4.72. The van der Waals surface area contributed by atoms with Crippen LogP contribution in [0.15, 0.2) is 24.3 Å². The molecule has 2 N–H and O–H groups in total. The lowest BCUT2D eigenvalue weighted by Crippen LogP contribution is -2.34. The Labute approximate surface area is 186 Å². The summed E-state index contributed by atoms with van der Waals surface area (Å²) in [5.41, 5.74) is 1.99. The van der Waals surface area contributed by atoms with Crippen molar-refractivity contribution < 1.29 is 19.1 Å². The normalized spacial score (nSPS) is 12.6. The van der Waals surface area contributed by atoms with Gasteiger partial charge in [0.05, 0.1) is 24.3 Å². The van der Waals surface area contributed by atoms with Crippen LogP contribution in [0.3, 0.4) is 0 Å². The van der Waals surface area contributed by atoms with E-state index in [0.29, 0.717) is 35.1 Å². The number of benzene rings is 1. The van der Waals surface area contributed by atoms with Crippen molar-refractivity contribution in [1.82, 2.24) is 5.32 Å². The number of hydrogen-bond acceptors (Lipinski definition) is 6. The van der Waals surface area contributed by atoms with Crippen molar-refractivity contribution >= 4 is 45.5 Å². The molecular weight excluding hydrogens is 420 g/mol. The topological polar surface area (TPSA) is 76.7 Å². The molecule has 1 amide bonds. The van der Waals surface area contributed by atoms with Gasteiger partial charge in [-0.3, -0.25) is 10.1 Å². The maximum Gasteiger partial charge on any atom is 0.341 e. The molecule has 0 radical (unpaired) electrons. The summed E-state index contributed by atoms with van der Waals surface area (Å²) in [5.74, 6) is -0.205. The second-order valence-corrected chi connectivity index (χ2v) is 8.40. The number of carbonyl (C=O) groups is 2. The van der Waals surface area contributed by atoms with Gasteiger partial charge in [0.25, 0.3) is 5.91 Å². The standard InChI is InChI=1S/C22H26N2O4S2/c1-3-13-28-16-11-7-5-9-14(16)19(25)23-22(29)24-20-18(21(26)27-4-2)15-10-6-8-12-17(15)30-20/h5,7,9,11H,3-4,6,8,10,12-13H2,1-2H3,(H2,23,24,25,29). The summed E-state index contributed by atoms with van der Waals surface area (Å²) in [7, 11) is 0. The molecular formula is C22H26N2O4S2. The number of aryl methyl sites for hydroxylation is 1. The van der Waals surface area contributed by atoms with Crippen LogP contribution in [0, 0.1) is 0 Å². The summed E-state index contributed by atoms with van der Waals surface area (Å²) in [4.78, 5) is 26.5. The van der Waals surface area contributed by atoms with Crippen LogP contribution in [0.2, 0.25) is 0 Å². The van der Waals surface area contributed by atoms with Gasteiger partial charge < -0.3 is 14.8 Å². The first kappa shape index (κ1) is 22.2. The van der Waals surface area contributed by atoms with E-state index < -0.39 is 0 Å². The van der Waals surface area contributed by atoms with Gasteiger partial charge in [0, 0.05) is 4.88 Å². The van der Waals surface area contributed by atoms with Crippen molar-refractivity contribution in [3.8, 4) is 5.75 Å². The summed E-state index contributed by atoms with van der Waals surface area (Å²) in [6, 6.07) is 7.04. The molecule has 0 bridgehead atoms. The molecule has 1 aromatic heterocycles. The molecule has 1 aliphatic carbocycles. The second kappa shape index (κ2) is 10.5. The van der Waals surface area contributed by atoms with Gasteiger partial charge in [-0.1, -0.05) is 19.1 Å². The largest absolute Gasteiger partial charge is 0.493 e. The zero-order chi connectivity index (χ0) is 21.5. The van der Waals surface area contributed by atoms with Crippen molar-refractivity contribution in [3.63, 3.8) is 0 Å². The number of thiocarbonyl (C=S) groups is 1. The van der Waals surface area contributed by atoms with Crippen molar-refractivity contribution in [3.05, 3.63) is 45.8 Å². The van der Waals surface area contributed by atoms with Crippen LogP contribution in [-0.4, -0.2) is 30.2 Å². The van der Waals surface area contributed by atoms with Crippen molar-refractivity contribution in [2.24, 2.45) is 0 Å². The first-order valence-electron chi connectivity index (χ1n) is 10.2. The van der Waals surface area contributed by atoms with E-state index in [1.807, 2.05) is 13.0 Å². The fraction of sp³-hybridized carbons (Fsp3) is 0.409. The molecule has 3 rings (SSSR count). The lowest BCUT2D eigenvalue weighted by atomic mass is 9.95. The SMILES string of the molecule is CCCOc1ccccc1C(=O)NC(=S)Nc1sc2c(c1C(=O)OCC)CCCC2. The Bertz CT molecular complexity index is 939. The molecule has 0 unspecified atom stereocenters. The maximum atomic E-state index is 12.7. The molecule has 0 spiro atoms. The van der Waals surface area contributed by atoms with Crippen LogP contribution in [0.4, 0.5) is 5.00 Å². The highest BCUT2D eigenvalue weighted by Gasteiger charge is 2.27. The maximum absolute atomic E-state index is 12.7. The minimum atomic E-state index is -0.363. The zero-order valence-electron chi connectivity index (χ0n) is 17.2. The predicted molar refractivity (Wildman–Crippen MR) is 123 cm³/mol. The van der Waals surface area contributed by atoms with Crippen LogP contribution in [0.1, 0.15) is 64.3 Å². The summed E-state index contributed by atoms with van der Waals surface area (Å²) in [6.07, 6.45) is 4.78. The number of esters is 1. The van der Waals surface area contributed by atoms with E-state index in [4.69, 9.17) is 21.7 Å². The fourth-order valence-electron chi connectivity index (χ4n) is 3.37. The van der Waals surface area contributed by atoms with Gasteiger partial charge in [0.1, 0.15) is 10.8 Å². The van der Waals surface area contributed by atoms with E-state index in [0.717, 1.165) is 37.7 Å². The smallest absolute Gasteiger partial charge is 0.341 e. The van der Waals surface area contributed by atoms with Crippen molar-refractivity contribution in [2.75, 3.05) is 18.5 Å². The Morgan fingerprint density at radius 3 is 2.70 bits per heavy atom. The van der Waals surface area contributed by atoms with Crippen LogP contribution in [0.25, 0.3) is 0 Å². The quantitative estimate of drug-likeness (QED) is 0.473. The van der Waals surface area contributed by atoms with Gasteiger partial charge in [-0.2, -0.15) is 0 Å². The summed E-state index contributed by atoms with van der Waals surface area (Å²) in [6.45, 7) is 4.62. The zero-order valence-corrected chi connectivity index (χ0v) is 18.8. The summed E-state index contributed by atoms with van der Waals surface area (Å²) < 4.78 is 10.9. The lowest BCUT2D eigenvalue weighted by molar-refractivity contribution is 0.0526. The van der Waals surface area contributed by atoms with E-state index in [-0.39, 0.29) is 17.0 Å². The average molecular weight is 447 g/mol. The minimum Gasteiger partial charge on any atom is -0.493 e. The van der Waals surface area contributed by atoms with Gasteiger partial charge in [0.2, 0.25) is 0 Å². The second-order valence-electron chi connectivity index (χ2n) is 6.89. The highest BCUT2D eigenvalue weighted by molar-refractivity contribution is 7.80. The third-order valence-corrected chi connectivity index (χ3v) is 6.11. The Balaban J connectivity index is 1.76. The molecule has 1 heterocycles. The monoisotopic (exact) mass is 446 g/mol. The Morgan fingerprint density at radius 2 is 1.93 bits per heavy atom. The molecule has 0 saturated carbocycles. The third-order valence-electron chi connectivity index (χ3n) is 4.70. The van der Waals surface area contributed by atoms with Gasteiger partial charge in [-0.05, 0) is 68.9 Å². The van der Waals surface area contributed by atoms with E-state index in [1.165, 1.54) is 16.2 Å². The van der Waals surface area contributed by atoms with Gasteiger partial charge in [-0.25, -0.2) is 4.79 Å². The minimum absolute atomic E-state index is 0.134. The first-order chi connectivity index (χ1) is 14.5. The molecule has 1 aromatic carbocycles. The molecule has 160 valence electrons. The number of ether oxygens (including phenoxy) is 2. The number of nitrogens with one attached hydrogen (secondary N) is 2. The summed E-state index contributed by atoms with van der Waals surface area (Å²) in [5, 5.41) is 6.50. The number of thiophene rings is 1. The summed E-state index contributed by atoms with van der Waals surface area (Å²) >= 11 is 6.87. The van der Waals surface area contributed by atoms with Gasteiger partial charge >= 0.3 is 5.97 Å². The van der Waals surface area contributed by atoms with E-state index >= 15 is 0 Å². The van der Waals surface area contributed by atoms with Crippen LogP contribution in [0.5, 0.6) is 5.75 Å². The Kier molecular flexibility index (Phi) is 7.81. The molecule has 6 nitrogen and oxygen atoms in total. The molecule has 30 heavy (non-hydrogen) atoms. The van der Waals surface area contributed by atoms with Crippen molar-refractivity contribution in [2.45, 2.75) is 46.0 Å². The van der Waals surface area contributed by atoms with Gasteiger partial charge in [-0.15, -0.1) is 11.3 Å². The lowest BCUT2D eigenvalue weighted by Gasteiger charge is -2.13. The number of anilines is 1.